The maximum atomic E-state index is 5.62. The molecular formula is C15H18N4O. The number of furan rings is 1. The van der Waals surface area contributed by atoms with Gasteiger partial charge in [-0.05, 0) is 20.0 Å². The minimum absolute atomic E-state index is 0.160. The van der Waals surface area contributed by atoms with Gasteiger partial charge >= 0.3 is 0 Å². The number of benzene rings is 1. The minimum Gasteiger partial charge on any atom is -0.464 e. The molecule has 20 heavy (non-hydrogen) atoms. The molecule has 0 saturated carbocycles. The van der Waals surface area contributed by atoms with Crippen LogP contribution in [-0.2, 0) is 13.0 Å². The quantitative estimate of drug-likeness (QED) is 0.774. The number of hydrogen-bond donors (Lipinski definition) is 1. The molecule has 104 valence electrons. The van der Waals surface area contributed by atoms with Crippen LogP contribution in [0.15, 0.2) is 41.3 Å². The van der Waals surface area contributed by atoms with Crippen molar-refractivity contribution in [2.24, 2.45) is 0 Å². The van der Waals surface area contributed by atoms with Crippen LogP contribution in [0.1, 0.15) is 24.4 Å². The molecule has 2 aromatic heterocycles. The van der Waals surface area contributed by atoms with E-state index in [4.69, 9.17) is 4.42 Å². The van der Waals surface area contributed by atoms with Crippen LogP contribution in [0.4, 0.5) is 0 Å². The molecule has 0 aliphatic carbocycles. The number of nitrogens with one attached hydrogen (secondary N) is 1. The van der Waals surface area contributed by atoms with Crippen molar-refractivity contribution in [2.75, 3.05) is 7.05 Å². The van der Waals surface area contributed by atoms with Gasteiger partial charge in [0.05, 0.1) is 6.26 Å². The summed E-state index contributed by atoms with van der Waals surface area (Å²) in [6, 6.07) is 8.25. The average Bonchev–Trinajstić information content (AvgIpc) is 3.11. The second-order valence-corrected chi connectivity index (χ2v) is 4.72. The molecule has 0 spiro atoms. The van der Waals surface area contributed by atoms with Gasteiger partial charge in [-0.25, -0.2) is 4.98 Å². The second kappa shape index (κ2) is 5.46. The van der Waals surface area contributed by atoms with Crippen molar-refractivity contribution >= 4 is 11.0 Å². The largest absolute Gasteiger partial charge is 0.464 e. The summed E-state index contributed by atoms with van der Waals surface area (Å²) in [5.41, 5.74) is 2.08. The predicted octanol–water partition coefficient (Wildman–Crippen LogP) is 2.55. The van der Waals surface area contributed by atoms with Crippen LogP contribution in [0.2, 0.25) is 0 Å². The standard InChI is InChI=1S/C15H18N4O/c1-3-19-15(17-10-18-19)8-13(16-2)12-9-20-14-7-5-4-6-11(12)14/h4-7,9-10,13,16H,3,8H2,1-2H3. The van der Waals surface area contributed by atoms with Gasteiger partial charge < -0.3 is 9.73 Å². The van der Waals surface area contributed by atoms with E-state index in [1.54, 1.807) is 6.33 Å². The van der Waals surface area contributed by atoms with E-state index >= 15 is 0 Å². The highest BCUT2D eigenvalue weighted by Gasteiger charge is 2.18. The third-order valence-electron chi connectivity index (χ3n) is 3.62. The third-order valence-corrected chi connectivity index (χ3v) is 3.62. The molecule has 1 atom stereocenters. The monoisotopic (exact) mass is 270 g/mol. The first-order valence-corrected chi connectivity index (χ1v) is 6.83. The molecule has 5 nitrogen and oxygen atoms in total. The highest BCUT2D eigenvalue weighted by Crippen LogP contribution is 2.27. The molecule has 0 fully saturated rings. The molecule has 1 aromatic carbocycles. The van der Waals surface area contributed by atoms with Gasteiger partial charge in [0.2, 0.25) is 0 Å². The van der Waals surface area contributed by atoms with Crippen LogP contribution in [0.3, 0.4) is 0 Å². The molecule has 0 aliphatic rings. The topological polar surface area (TPSA) is 55.9 Å². The summed E-state index contributed by atoms with van der Waals surface area (Å²) in [6.45, 7) is 2.90. The molecule has 0 saturated heterocycles. The summed E-state index contributed by atoms with van der Waals surface area (Å²) in [5, 5.41) is 8.71. The van der Waals surface area contributed by atoms with Crippen molar-refractivity contribution in [3.8, 4) is 0 Å². The first kappa shape index (κ1) is 12.9. The number of hydrogen-bond acceptors (Lipinski definition) is 4. The van der Waals surface area contributed by atoms with E-state index < -0.39 is 0 Å². The fourth-order valence-corrected chi connectivity index (χ4v) is 2.53. The van der Waals surface area contributed by atoms with Crippen molar-refractivity contribution in [2.45, 2.75) is 25.9 Å². The Labute approximate surface area is 117 Å². The van der Waals surface area contributed by atoms with E-state index in [-0.39, 0.29) is 6.04 Å². The van der Waals surface area contributed by atoms with Crippen molar-refractivity contribution in [3.05, 3.63) is 48.2 Å². The lowest BCUT2D eigenvalue weighted by atomic mass is 10.0. The fourth-order valence-electron chi connectivity index (χ4n) is 2.53. The van der Waals surface area contributed by atoms with Gasteiger partial charge in [-0.2, -0.15) is 5.10 Å². The molecule has 1 N–H and O–H groups in total. The molecule has 0 aliphatic heterocycles. The summed E-state index contributed by atoms with van der Waals surface area (Å²) in [5.74, 6) is 0.983. The molecule has 0 bridgehead atoms. The summed E-state index contributed by atoms with van der Waals surface area (Å²) in [7, 11) is 1.96. The zero-order chi connectivity index (χ0) is 13.9. The Hall–Kier alpha value is -2.14. The summed E-state index contributed by atoms with van der Waals surface area (Å²) < 4.78 is 7.55. The lowest BCUT2D eigenvalue weighted by Crippen LogP contribution is -2.20. The normalized spacial score (nSPS) is 12.9. The van der Waals surface area contributed by atoms with Gasteiger partial charge in [0.1, 0.15) is 17.7 Å². The lowest BCUT2D eigenvalue weighted by molar-refractivity contribution is 0.525. The highest BCUT2D eigenvalue weighted by molar-refractivity contribution is 5.81. The Morgan fingerprint density at radius 2 is 2.20 bits per heavy atom. The number of aromatic nitrogens is 3. The molecule has 0 radical (unpaired) electrons. The molecule has 5 heteroatoms. The van der Waals surface area contributed by atoms with E-state index in [2.05, 4.69) is 28.4 Å². The molecule has 3 rings (SSSR count). The van der Waals surface area contributed by atoms with E-state index in [0.29, 0.717) is 0 Å². The first-order valence-electron chi connectivity index (χ1n) is 6.83. The van der Waals surface area contributed by atoms with Gasteiger partial charge in [0, 0.05) is 30.0 Å². The Morgan fingerprint density at radius 3 is 3.00 bits per heavy atom. The lowest BCUT2D eigenvalue weighted by Gasteiger charge is -2.14. The van der Waals surface area contributed by atoms with Crippen LogP contribution in [0.5, 0.6) is 0 Å². The highest BCUT2D eigenvalue weighted by atomic mass is 16.3. The van der Waals surface area contributed by atoms with Crippen molar-refractivity contribution in [3.63, 3.8) is 0 Å². The Bertz CT molecular complexity index is 701. The second-order valence-electron chi connectivity index (χ2n) is 4.72. The molecule has 0 amide bonds. The van der Waals surface area contributed by atoms with Gasteiger partial charge in [-0.1, -0.05) is 18.2 Å². The zero-order valence-corrected chi connectivity index (χ0v) is 11.7. The number of para-hydroxylation sites is 1. The van der Waals surface area contributed by atoms with Gasteiger partial charge in [-0.3, -0.25) is 4.68 Å². The van der Waals surface area contributed by atoms with Crippen molar-refractivity contribution in [1.29, 1.82) is 0 Å². The maximum Gasteiger partial charge on any atom is 0.138 e. The number of aryl methyl sites for hydroxylation is 1. The number of rotatable bonds is 5. The maximum absolute atomic E-state index is 5.62. The number of likely N-dealkylation sites (N-methyl/N-ethyl adjacent to an activating group) is 1. The minimum atomic E-state index is 0.160. The molecule has 1 unspecified atom stereocenters. The smallest absolute Gasteiger partial charge is 0.138 e. The third kappa shape index (κ3) is 2.20. The van der Waals surface area contributed by atoms with E-state index in [1.165, 1.54) is 0 Å². The summed E-state index contributed by atoms with van der Waals surface area (Å²) in [4.78, 5) is 4.35. The molecular weight excluding hydrogens is 252 g/mol. The molecule has 3 aromatic rings. The Balaban J connectivity index is 1.94. The summed E-state index contributed by atoms with van der Waals surface area (Å²) >= 11 is 0. The van der Waals surface area contributed by atoms with E-state index in [9.17, 15) is 0 Å². The van der Waals surface area contributed by atoms with Crippen LogP contribution in [0, 0.1) is 0 Å². The Morgan fingerprint density at radius 1 is 1.35 bits per heavy atom. The summed E-state index contributed by atoms with van der Waals surface area (Å²) in [6.07, 6.45) is 4.23. The van der Waals surface area contributed by atoms with Crippen molar-refractivity contribution < 1.29 is 4.42 Å². The van der Waals surface area contributed by atoms with Crippen LogP contribution in [-0.4, -0.2) is 21.8 Å². The first-order chi connectivity index (χ1) is 9.83. The van der Waals surface area contributed by atoms with E-state index in [0.717, 1.165) is 35.3 Å². The zero-order valence-electron chi connectivity index (χ0n) is 11.7. The van der Waals surface area contributed by atoms with Gasteiger partial charge in [0.25, 0.3) is 0 Å². The Kier molecular flexibility index (Phi) is 3.52. The van der Waals surface area contributed by atoms with Gasteiger partial charge in [0.15, 0.2) is 0 Å². The van der Waals surface area contributed by atoms with Crippen LogP contribution in [0.25, 0.3) is 11.0 Å². The molecule has 2 heterocycles. The van der Waals surface area contributed by atoms with Crippen LogP contribution < -0.4 is 5.32 Å². The van der Waals surface area contributed by atoms with Crippen molar-refractivity contribution in [1.82, 2.24) is 20.1 Å². The fraction of sp³-hybridized carbons (Fsp3) is 0.333. The predicted molar refractivity (Wildman–Crippen MR) is 77.4 cm³/mol. The number of fused-ring (bicyclic) bond motifs is 1. The number of nitrogens with zero attached hydrogens (tertiary/aromatic N) is 3. The average molecular weight is 270 g/mol. The SMILES string of the molecule is CCn1ncnc1CC(NC)c1coc2ccccc12. The van der Waals surface area contributed by atoms with E-state index in [1.807, 2.05) is 36.2 Å². The van der Waals surface area contributed by atoms with Gasteiger partial charge in [-0.15, -0.1) is 0 Å². The van der Waals surface area contributed by atoms with Crippen LogP contribution >= 0.6 is 0 Å².